The quantitative estimate of drug-likeness (QED) is 0.529. The number of esters is 1. The maximum Gasteiger partial charge on any atom is 0.305 e. The van der Waals surface area contributed by atoms with Crippen LogP contribution in [-0.2, 0) is 9.53 Å². The number of hydrogen-bond acceptors (Lipinski definition) is 2. The topological polar surface area (TPSA) is 26.3 Å². The predicted octanol–water partition coefficient (Wildman–Crippen LogP) is 4.16. The van der Waals surface area contributed by atoms with Crippen molar-refractivity contribution >= 4 is 5.97 Å². The Morgan fingerprint density at radius 1 is 1.53 bits per heavy atom. The lowest BCUT2D eigenvalue weighted by Crippen LogP contribution is -2.19. The van der Waals surface area contributed by atoms with Crippen LogP contribution in [0.15, 0.2) is 23.3 Å². The standard InChI is InChI=1S/C15H24O2/c1-4-15(16)17-14-10-8-13(9-11-14)7-5-6-12(2)3/h6,8,14H,4-5,7,9-11H2,1-3H3. The maximum absolute atomic E-state index is 11.2. The van der Waals surface area contributed by atoms with Gasteiger partial charge in [-0.15, -0.1) is 0 Å². The number of allylic oxidation sites excluding steroid dienone is 3. The number of carbonyl (C=O) groups excluding carboxylic acids is 1. The van der Waals surface area contributed by atoms with Crippen molar-refractivity contribution < 1.29 is 9.53 Å². The van der Waals surface area contributed by atoms with Gasteiger partial charge in [0.05, 0.1) is 0 Å². The van der Waals surface area contributed by atoms with Gasteiger partial charge in [0.25, 0.3) is 0 Å². The first-order valence-electron chi connectivity index (χ1n) is 6.62. The van der Waals surface area contributed by atoms with Gasteiger partial charge in [0, 0.05) is 12.8 Å². The van der Waals surface area contributed by atoms with Crippen molar-refractivity contribution in [3.8, 4) is 0 Å². The molecule has 0 saturated carbocycles. The molecule has 0 aromatic rings. The molecule has 0 aliphatic heterocycles. The third-order valence-corrected chi connectivity index (χ3v) is 3.06. The highest BCUT2D eigenvalue weighted by Gasteiger charge is 2.17. The van der Waals surface area contributed by atoms with Crippen LogP contribution in [0.3, 0.4) is 0 Å². The van der Waals surface area contributed by atoms with Gasteiger partial charge in [0.1, 0.15) is 6.10 Å². The van der Waals surface area contributed by atoms with Crippen molar-refractivity contribution in [2.24, 2.45) is 0 Å². The Labute approximate surface area is 105 Å². The number of carbonyl (C=O) groups is 1. The van der Waals surface area contributed by atoms with Crippen LogP contribution in [0.1, 0.15) is 59.3 Å². The summed E-state index contributed by atoms with van der Waals surface area (Å²) in [5.74, 6) is -0.0728. The Morgan fingerprint density at radius 3 is 2.82 bits per heavy atom. The molecule has 96 valence electrons. The van der Waals surface area contributed by atoms with Crippen LogP contribution in [0, 0.1) is 0 Å². The van der Waals surface area contributed by atoms with Gasteiger partial charge in [-0.25, -0.2) is 0 Å². The van der Waals surface area contributed by atoms with E-state index in [-0.39, 0.29) is 12.1 Å². The van der Waals surface area contributed by atoms with Crippen LogP contribution in [0.2, 0.25) is 0 Å². The Hall–Kier alpha value is -1.05. The molecule has 1 aliphatic carbocycles. The first-order valence-corrected chi connectivity index (χ1v) is 6.62. The van der Waals surface area contributed by atoms with E-state index in [0.29, 0.717) is 6.42 Å². The average molecular weight is 236 g/mol. The highest BCUT2D eigenvalue weighted by molar-refractivity contribution is 5.69. The summed E-state index contributed by atoms with van der Waals surface area (Å²) in [6, 6.07) is 0. The molecule has 0 amide bonds. The molecule has 1 unspecified atom stereocenters. The molecule has 0 spiro atoms. The summed E-state index contributed by atoms with van der Waals surface area (Å²) in [5, 5.41) is 0. The Balaban J connectivity index is 2.29. The SMILES string of the molecule is CCC(=O)OC1CC=C(CCC=C(C)C)CC1. The predicted molar refractivity (Wildman–Crippen MR) is 70.8 cm³/mol. The van der Waals surface area contributed by atoms with E-state index in [1.54, 1.807) is 0 Å². The fraction of sp³-hybridized carbons (Fsp3) is 0.667. The van der Waals surface area contributed by atoms with Gasteiger partial charge in [-0.05, 0) is 39.5 Å². The third kappa shape index (κ3) is 5.71. The highest BCUT2D eigenvalue weighted by Crippen LogP contribution is 2.24. The largest absolute Gasteiger partial charge is 0.462 e. The number of hydrogen-bond donors (Lipinski definition) is 0. The lowest BCUT2D eigenvalue weighted by molar-refractivity contribution is -0.149. The van der Waals surface area contributed by atoms with Crippen molar-refractivity contribution in [1.82, 2.24) is 0 Å². The molecule has 0 saturated heterocycles. The second-order valence-corrected chi connectivity index (χ2v) is 4.92. The molecule has 17 heavy (non-hydrogen) atoms. The van der Waals surface area contributed by atoms with E-state index >= 15 is 0 Å². The molecule has 2 heteroatoms. The molecule has 0 bridgehead atoms. The highest BCUT2D eigenvalue weighted by atomic mass is 16.5. The summed E-state index contributed by atoms with van der Waals surface area (Å²) in [6.45, 7) is 6.11. The van der Waals surface area contributed by atoms with Gasteiger partial charge in [-0.2, -0.15) is 0 Å². The first kappa shape index (κ1) is 14.0. The zero-order valence-corrected chi connectivity index (χ0v) is 11.3. The molecule has 1 rings (SSSR count). The molecule has 0 aromatic heterocycles. The van der Waals surface area contributed by atoms with Crippen LogP contribution in [0.25, 0.3) is 0 Å². The second kappa shape index (κ2) is 7.31. The molecule has 1 aliphatic rings. The van der Waals surface area contributed by atoms with Crippen molar-refractivity contribution in [3.63, 3.8) is 0 Å². The minimum absolute atomic E-state index is 0.0728. The Morgan fingerprint density at radius 2 is 2.29 bits per heavy atom. The van der Waals surface area contributed by atoms with Crippen LogP contribution < -0.4 is 0 Å². The summed E-state index contributed by atoms with van der Waals surface area (Å²) in [7, 11) is 0. The van der Waals surface area contributed by atoms with E-state index in [9.17, 15) is 4.79 Å². The minimum atomic E-state index is -0.0728. The van der Waals surface area contributed by atoms with Gasteiger partial charge in [-0.3, -0.25) is 4.79 Å². The smallest absolute Gasteiger partial charge is 0.305 e. The van der Waals surface area contributed by atoms with Gasteiger partial charge in [-0.1, -0.05) is 30.2 Å². The summed E-state index contributed by atoms with van der Waals surface area (Å²) in [5.41, 5.74) is 2.91. The maximum atomic E-state index is 11.2. The Kier molecular flexibility index (Phi) is 6.03. The summed E-state index contributed by atoms with van der Waals surface area (Å²) in [4.78, 5) is 11.2. The van der Waals surface area contributed by atoms with Crippen LogP contribution in [-0.4, -0.2) is 12.1 Å². The van der Waals surface area contributed by atoms with Crippen molar-refractivity contribution in [3.05, 3.63) is 23.3 Å². The molecule has 0 aromatic carbocycles. The van der Waals surface area contributed by atoms with Gasteiger partial charge >= 0.3 is 5.97 Å². The molecule has 0 N–H and O–H groups in total. The molecule has 2 nitrogen and oxygen atoms in total. The fourth-order valence-electron chi connectivity index (χ4n) is 2.01. The van der Waals surface area contributed by atoms with Gasteiger partial charge in [0.2, 0.25) is 0 Å². The molecular formula is C15H24O2. The summed E-state index contributed by atoms with van der Waals surface area (Å²) < 4.78 is 5.34. The number of rotatable bonds is 5. The number of ether oxygens (including phenoxy) is 1. The third-order valence-electron chi connectivity index (χ3n) is 3.06. The van der Waals surface area contributed by atoms with Crippen molar-refractivity contribution in [2.75, 3.05) is 0 Å². The van der Waals surface area contributed by atoms with Crippen LogP contribution >= 0.6 is 0 Å². The van der Waals surface area contributed by atoms with Gasteiger partial charge < -0.3 is 4.74 Å². The molecular weight excluding hydrogens is 212 g/mol. The van der Waals surface area contributed by atoms with E-state index in [4.69, 9.17) is 4.74 Å². The van der Waals surface area contributed by atoms with E-state index in [2.05, 4.69) is 26.0 Å². The molecule has 0 heterocycles. The van der Waals surface area contributed by atoms with Crippen LogP contribution in [0.4, 0.5) is 0 Å². The summed E-state index contributed by atoms with van der Waals surface area (Å²) >= 11 is 0. The average Bonchev–Trinajstić information content (AvgIpc) is 2.31. The van der Waals surface area contributed by atoms with E-state index in [1.807, 2.05) is 6.92 Å². The van der Waals surface area contributed by atoms with Gasteiger partial charge in [0.15, 0.2) is 0 Å². The molecule has 0 radical (unpaired) electrons. The zero-order valence-electron chi connectivity index (χ0n) is 11.3. The molecule has 0 fully saturated rings. The normalized spacial score (nSPS) is 19.5. The van der Waals surface area contributed by atoms with Crippen molar-refractivity contribution in [2.45, 2.75) is 65.4 Å². The van der Waals surface area contributed by atoms with E-state index in [1.165, 1.54) is 11.1 Å². The Bertz CT molecular complexity index is 309. The molecule has 1 atom stereocenters. The van der Waals surface area contributed by atoms with Crippen LogP contribution in [0.5, 0.6) is 0 Å². The monoisotopic (exact) mass is 236 g/mol. The van der Waals surface area contributed by atoms with E-state index in [0.717, 1.165) is 32.1 Å². The first-order chi connectivity index (χ1) is 8.11. The van der Waals surface area contributed by atoms with E-state index < -0.39 is 0 Å². The van der Waals surface area contributed by atoms with Crippen molar-refractivity contribution in [1.29, 1.82) is 0 Å². The summed E-state index contributed by atoms with van der Waals surface area (Å²) in [6.07, 6.45) is 10.4. The second-order valence-electron chi connectivity index (χ2n) is 4.92. The lowest BCUT2D eigenvalue weighted by Gasteiger charge is -2.21. The zero-order chi connectivity index (χ0) is 12.7. The lowest BCUT2D eigenvalue weighted by atomic mass is 9.94. The minimum Gasteiger partial charge on any atom is -0.462 e. The fourth-order valence-corrected chi connectivity index (χ4v) is 2.01.